The summed E-state index contributed by atoms with van der Waals surface area (Å²) < 4.78 is 0. The lowest BCUT2D eigenvalue weighted by molar-refractivity contribution is 0.590. The lowest BCUT2D eigenvalue weighted by Gasteiger charge is -2.48. The zero-order chi connectivity index (χ0) is 83.3. The summed E-state index contributed by atoms with van der Waals surface area (Å²) in [4.78, 5) is 15.6. The van der Waals surface area contributed by atoms with Crippen LogP contribution in [0.1, 0.15) is 52.7 Å². The Kier molecular flexibility index (Phi) is 18.8. The third-order valence-corrected chi connectivity index (χ3v) is 26.7. The molecule has 0 aliphatic carbocycles. The van der Waals surface area contributed by atoms with Crippen LogP contribution >= 0.6 is 11.8 Å². The van der Waals surface area contributed by atoms with Gasteiger partial charge in [0, 0.05) is 100 Å². The van der Waals surface area contributed by atoms with Gasteiger partial charge in [0.2, 0.25) is 6.71 Å². The van der Waals surface area contributed by atoms with Gasteiger partial charge in [-0.05, 0) is 174 Å². The van der Waals surface area contributed by atoms with E-state index in [1.807, 2.05) is 11.8 Å². The number of anilines is 15. The van der Waals surface area contributed by atoms with Crippen LogP contribution in [0.15, 0.2) is 441 Å². The Morgan fingerprint density at radius 2 is 0.565 bits per heavy atom. The largest absolute Gasteiger partial charge is 0.311 e. The predicted molar refractivity (Wildman–Crippen MR) is 530 cm³/mol. The normalized spacial score (nSPS) is 12.8. The molecule has 0 bridgehead atoms. The standard InChI is InChI=1S/C116H89B2N5S/c1-115(2,3)84-68-64-82(65-69-84)91-52-28-32-60-101(91)120(88-50-26-13-27-51-88)89-72-106-111-107(73-89)122(113-93(78-38-14-7-15-39-78)54-36-55-94(113)79-40-16-8-17-41-79)104-77-105-100(76-99(104)117(111)97-58-30-34-62-103(97)121(106)102-61-33-29-53-92(102)83-66-70-85(71-67-83)116(4,5)6)118-98-59-31-35-63-109(98)124-110-75-90(119(86-46-22-11-23-47-86)87-48-24-12-25-49-87)74-108(112(110)118)123(105)114-95(80-42-18-9-19-43-80)56-37-57-96(114)81-44-20-10-21-45-81/h7-77H,1-6H3. The second kappa shape index (κ2) is 30.8. The van der Waals surface area contributed by atoms with Crippen LogP contribution < -0.4 is 57.3 Å². The maximum Gasteiger partial charge on any atom is 0.252 e. The lowest BCUT2D eigenvalue weighted by Crippen LogP contribution is -2.64. The molecular weight excluding hydrogens is 1520 g/mol. The Hall–Kier alpha value is -14.6. The van der Waals surface area contributed by atoms with Gasteiger partial charge in [0.05, 0.1) is 28.4 Å². The van der Waals surface area contributed by atoms with Crippen molar-refractivity contribution in [1.82, 2.24) is 0 Å². The van der Waals surface area contributed by atoms with E-state index in [9.17, 15) is 0 Å². The van der Waals surface area contributed by atoms with Crippen LogP contribution in [0, 0.1) is 0 Å². The number of fused-ring (bicyclic) bond motifs is 8. The average molecular weight is 1610 g/mol. The maximum atomic E-state index is 2.75. The van der Waals surface area contributed by atoms with Crippen molar-refractivity contribution in [2.45, 2.75) is 62.2 Å². The fourth-order valence-corrected chi connectivity index (χ4v) is 21.0. The number of hydrogen-bond acceptors (Lipinski definition) is 6. The third kappa shape index (κ3) is 13.0. The van der Waals surface area contributed by atoms with E-state index in [0.29, 0.717) is 0 Å². The number of benzene rings is 18. The highest BCUT2D eigenvalue weighted by atomic mass is 32.2. The Labute approximate surface area is 733 Å². The first-order valence-electron chi connectivity index (χ1n) is 43.3. The molecule has 0 saturated carbocycles. The zero-order valence-corrected chi connectivity index (χ0v) is 71.1. The van der Waals surface area contributed by atoms with E-state index < -0.39 is 0 Å². The molecule has 0 saturated heterocycles. The molecule has 0 N–H and O–H groups in total. The molecule has 18 aromatic carbocycles. The highest BCUT2D eigenvalue weighted by Crippen LogP contribution is 2.58. The van der Waals surface area contributed by atoms with Gasteiger partial charge in [0.25, 0.3) is 6.71 Å². The highest BCUT2D eigenvalue weighted by Gasteiger charge is 2.50. The molecule has 0 fully saturated rings. The van der Waals surface area contributed by atoms with Crippen molar-refractivity contribution >= 4 is 143 Å². The molecule has 0 aromatic heterocycles. The fraction of sp³-hybridized carbons (Fsp3) is 0.0690. The monoisotopic (exact) mass is 1610 g/mol. The molecule has 0 unspecified atom stereocenters. The minimum Gasteiger partial charge on any atom is -0.311 e. The molecule has 0 radical (unpaired) electrons. The average Bonchev–Trinajstić information content (AvgIpc) is 0.678. The second-order valence-corrected chi connectivity index (χ2v) is 36.1. The van der Waals surface area contributed by atoms with E-state index in [1.165, 1.54) is 53.7 Å². The smallest absolute Gasteiger partial charge is 0.252 e. The van der Waals surface area contributed by atoms with Crippen molar-refractivity contribution in [3.8, 4) is 66.8 Å². The molecule has 124 heavy (non-hydrogen) atoms. The Bertz CT molecular complexity index is 6950. The van der Waals surface area contributed by atoms with Gasteiger partial charge in [0.1, 0.15) is 0 Å². The van der Waals surface area contributed by atoms with Gasteiger partial charge >= 0.3 is 0 Å². The molecule has 0 atom stereocenters. The summed E-state index contributed by atoms with van der Waals surface area (Å²) in [6.07, 6.45) is 0. The van der Waals surface area contributed by atoms with E-state index in [1.54, 1.807) is 0 Å². The first-order chi connectivity index (χ1) is 60.8. The van der Waals surface area contributed by atoms with Gasteiger partial charge in [-0.15, -0.1) is 0 Å². The molecule has 22 rings (SSSR count). The highest BCUT2D eigenvalue weighted by molar-refractivity contribution is 8.00. The van der Waals surface area contributed by atoms with Gasteiger partial charge in [-0.2, -0.15) is 0 Å². The fourth-order valence-electron chi connectivity index (χ4n) is 19.8. The molecule has 0 spiro atoms. The Morgan fingerprint density at radius 1 is 0.218 bits per heavy atom. The van der Waals surface area contributed by atoms with Crippen LogP contribution in [0.4, 0.5) is 85.3 Å². The summed E-state index contributed by atoms with van der Waals surface area (Å²) in [5.74, 6) is 0. The third-order valence-electron chi connectivity index (χ3n) is 25.6. The first kappa shape index (κ1) is 75.6. The summed E-state index contributed by atoms with van der Waals surface area (Å²) in [7, 11) is 0. The van der Waals surface area contributed by atoms with E-state index in [2.05, 4.69) is 497 Å². The van der Waals surface area contributed by atoms with Crippen LogP contribution in [0.5, 0.6) is 0 Å². The van der Waals surface area contributed by atoms with Crippen molar-refractivity contribution in [3.05, 3.63) is 442 Å². The Balaban J connectivity index is 0.919. The minimum absolute atomic E-state index is 0.0418. The lowest BCUT2D eigenvalue weighted by atomic mass is 9.30. The van der Waals surface area contributed by atoms with E-state index in [4.69, 9.17) is 0 Å². The Morgan fingerprint density at radius 3 is 1.04 bits per heavy atom. The van der Waals surface area contributed by atoms with Crippen molar-refractivity contribution in [3.63, 3.8) is 0 Å². The van der Waals surface area contributed by atoms with Crippen molar-refractivity contribution in [2.24, 2.45) is 0 Å². The van der Waals surface area contributed by atoms with E-state index in [-0.39, 0.29) is 24.3 Å². The van der Waals surface area contributed by atoms with Gasteiger partial charge < -0.3 is 24.5 Å². The second-order valence-electron chi connectivity index (χ2n) is 35.0. The van der Waals surface area contributed by atoms with Gasteiger partial charge in [0.15, 0.2) is 0 Å². The number of hydrogen-bond donors (Lipinski definition) is 0. The molecule has 4 aliphatic rings. The maximum absolute atomic E-state index is 2.75. The quantitative estimate of drug-likeness (QED) is 0.0944. The van der Waals surface area contributed by atoms with Gasteiger partial charge in [-0.25, -0.2) is 0 Å². The van der Waals surface area contributed by atoms with Crippen LogP contribution in [-0.4, -0.2) is 13.4 Å². The molecule has 0 amide bonds. The SMILES string of the molecule is CC(C)(C)c1ccc(-c2ccccc2N(c2ccccc2)c2cc3c4c(c2)N(c2c(-c5ccccc5)cccc2-c2ccccc2)c2cc5c(cc2B4c2ccccc2N3c2ccccc2-c2ccc(C(C)(C)C)cc2)B2c3ccccc3Sc3cc(N(c4ccccc4)c4ccccc4)cc(c32)N5c2c(-c3ccccc3)cccc2-c2ccccc2)cc1. The van der Waals surface area contributed by atoms with Gasteiger partial charge in [-0.3, -0.25) is 0 Å². The van der Waals surface area contributed by atoms with Crippen molar-refractivity contribution < 1.29 is 0 Å². The summed E-state index contributed by atoms with van der Waals surface area (Å²) in [6.45, 7) is 13.2. The summed E-state index contributed by atoms with van der Waals surface area (Å²) in [6, 6.07) is 163. The zero-order valence-electron chi connectivity index (χ0n) is 70.3. The summed E-state index contributed by atoms with van der Waals surface area (Å²) in [5.41, 5.74) is 39.4. The van der Waals surface area contributed by atoms with E-state index >= 15 is 0 Å². The molecule has 18 aromatic rings. The van der Waals surface area contributed by atoms with Gasteiger partial charge in [-0.1, -0.05) is 398 Å². The van der Waals surface area contributed by atoms with Crippen molar-refractivity contribution in [1.29, 1.82) is 0 Å². The number of rotatable bonds is 15. The number of nitrogens with zero attached hydrogens (tertiary/aromatic N) is 5. The first-order valence-corrected chi connectivity index (χ1v) is 44.1. The molecule has 4 heterocycles. The molecule has 8 heteroatoms. The summed E-state index contributed by atoms with van der Waals surface area (Å²) in [5, 5.41) is 0. The molecule has 5 nitrogen and oxygen atoms in total. The minimum atomic E-state index is -0.337. The predicted octanol–water partition coefficient (Wildman–Crippen LogP) is 28.1. The van der Waals surface area contributed by atoms with Crippen LogP contribution in [-0.2, 0) is 10.8 Å². The molecule has 590 valence electrons. The molecule has 4 aliphatic heterocycles. The molecular formula is C116H89B2N5S. The van der Waals surface area contributed by atoms with Crippen LogP contribution in [0.2, 0.25) is 0 Å². The van der Waals surface area contributed by atoms with Crippen LogP contribution in [0.25, 0.3) is 66.8 Å². The van der Waals surface area contributed by atoms with Crippen LogP contribution in [0.3, 0.4) is 0 Å². The number of para-hydroxylation sites is 8. The van der Waals surface area contributed by atoms with E-state index in [0.717, 1.165) is 152 Å². The van der Waals surface area contributed by atoms with Crippen molar-refractivity contribution in [2.75, 3.05) is 24.5 Å². The topological polar surface area (TPSA) is 16.2 Å². The summed E-state index contributed by atoms with van der Waals surface area (Å²) >= 11 is 1.90.